The SMILES string of the molecule is CNCc1ccc(N2CCCC3CCCCC32)c(C#N)c1. The van der Waals surface area contributed by atoms with Crippen LogP contribution in [0.25, 0.3) is 0 Å². The number of fused-ring (bicyclic) bond motifs is 1. The Bertz CT molecular complexity index is 530. The Labute approximate surface area is 128 Å². The van der Waals surface area contributed by atoms with Crippen LogP contribution in [-0.4, -0.2) is 19.6 Å². The lowest BCUT2D eigenvalue weighted by Gasteiger charge is -2.45. The highest BCUT2D eigenvalue weighted by Crippen LogP contribution is 2.38. The largest absolute Gasteiger partial charge is 0.367 e. The van der Waals surface area contributed by atoms with Gasteiger partial charge in [0.1, 0.15) is 6.07 Å². The Morgan fingerprint density at radius 2 is 2.05 bits per heavy atom. The van der Waals surface area contributed by atoms with Crippen LogP contribution in [0.2, 0.25) is 0 Å². The third kappa shape index (κ3) is 2.91. The molecule has 1 aliphatic carbocycles. The van der Waals surface area contributed by atoms with Gasteiger partial charge in [0.05, 0.1) is 11.3 Å². The van der Waals surface area contributed by atoms with E-state index in [1.54, 1.807) is 0 Å². The molecule has 0 aromatic heterocycles. The molecule has 1 aromatic rings. The van der Waals surface area contributed by atoms with Gasteiger partial charge in [0, 0.05) is 19.1 Å². The molecule has 2 aliphatic rings. The molecule has 2 fully saturated rings. The van der Waals surface area contributed by atoms with Crippen molar-refractivity contribution in [1.29, 1.82) is 5.26 Å². The second kappa shape index (κ2) is 6.49. The quantitative estimate of drug-likeness (QED) is 0.923. The van der Waals surface area contributed by atoms with Crippen LogP contribution >= 0.6 is 0 Å². The van der Waals surface area contributed by atoms with Gasteiger partial charge in [-0.2, -0.15) is 5.26 Å². The Morgan fingerprint density at radius 1 is 1.24 bits per heavy atom. The van der Waals surface area contributed by atoms with Gasteiger partial charge in [0.15, 0.2) is 0 Å². The molecule has 1 saturated carbocycles. The van der Waals surface area contributed by atoms with Crippen LogP contribution in [0.3, 0.4) is 0 Å². The third-order valence-corrected chi connectivity index (χ3v) is 5.11. The van der Waals surface area contributed by atoms with Crippen molar-refractivity contribution in [2.45, 2.75) is 51.1 Å². The Hall–Kier alpha value is -1.53. The highest BCUT2D eigenvalue weighted by molar-refractivity contribution is 5.61. The lowest BCUT2D eigenvalue weighted by Crippen LogP contribution is -2.47. The van der Waals surface area contributed by atoms with Gasteiger partial charge < -0.3 is 10.2 Å². The fourth-order valence-corrected chi connectivity index (χ4v) is 4.16. The van der Waals surface area contributed by atoms with Gasteiger partial charge in [-0.05, 0) is 56.3 Å². The first-order valence-corrected chi connectivity index (χ1v) is 8.27. The van der Waals surface area contributed by atoms with Crippen LogP contribution in [0.5, 0.6) is 0 Å². The zero-order valence-corrected chi connectivity index (χ0v) is 12.9. The molecule has 0 radical (unpaired) electrons. The summed E-state index contributed by atoms with van der Waals surface area (Å²) in [7, 11) is 1.94. The minimum absolute atomic E-state index is 0.662. The Morgan fingerprint density at radius 3 is 2.86 bits per heavy atom. The second-order valence-electron chi connectivity index (χ2n) is 6.44. The number of hydrogen-bond acceptors (Lipinski definition) is 3. The zero-order valence-electron chi connectivity index (χ0n) is 12.9. The van der Waals surface area contributed by atoms with Gasteiger partial charge in [-0.25, -0.2) is 0 Å². The predicted octanol–water partition coefficient (Wildman–Crippen LogP) is 3.44. The van der Waals surface area contributed by atoms with Crippen molar-refractivity contribution in [3.8, 4) is 6.07 Å². The maximum Gasteiger partial charge on any atom is 0.101 e. The van der Waals surface area contributed by atoms with Crippen LogP contribution < -0.4 is 10.2 Å². The minimum atomic E-state index is 0.662. The van der Waals surface area contributed by atoms with E-state index in [9.17, 15) is 5.26 Å². The van der Waals surface area contributed by atoms with Crippen molar-refractivity contribution in [3.05, 3.63) is 29.3 Å². The van der Waals surface area contributed by atoms with Crippen molar-refractivity contribution in [3.63, 3.8) is 0 Å². The van der Waals surface area contributed by atoms with Crippen molar-refractivity contribution in [1.82, 2.24) is 5.32 Å². The first-order chi connectivity index (χ1) is 10.3. The summed E-state index contributed by atoms with van der Waals surface area (Å²) in [5.41, 5.74) is 3.19. The number of nitrogens with zero attached hydrogens (tertiary/aromatic N) is 2. The van der Waals surface area contributed by atoms with E-state index in [0.29, 0.717) is 6.04 Å². The van der Waals surface area contributed by atoms with Gasteiger partial charge in [0.2, 0.25) is 0 Å². The molecule has 1 heterocycles. The van der Waals surface area contributed by atoms with E-state index in [-0.39, 0.29) is 0 Å². The number of rotatable bonds is 3. The third-order valence-electron chi connectivity index (χ3n) is 5.11. The van der Waals surface area contributed by atoms with Crippen molar-refractivity contribution in [2.24, 2.45) is 5.92 Å². The van der Waals surface area contributed by atoms with Crippen molar-refractivity contribution < 1.29 is 0 Å². The van der Waals surface area contributed by atoms with Crippen LogP contribution in [0.1, 0.15) is 49.7 Å². The minimum Gasteiger partial charge on any atom is -0.367 e. The van der Waals surface area contributed by atoms with Gasteiger partial charge in [-0.15, -0.1) is 0 Å². The molecule has 0 spiro atoms. The number of piperidine rings is 1. The van der Waals surface area contributed by atoms with E-state index in [4.69, 9.17) is 0 Å². The average molecular weight is 283 g/mol. The summed E-state index contributed by atoms with van der Waals surface area (Å²) in [6.45, 7) is 1.93. The number of nitrogens with one attached hydrogen (secondary N) is 1. The fourth-order valence-electron chi connectivity index (χ4n) is 4.16. The molecular weight excluding hydrogens is 258 g/mol. The van der Waals surface area contributed by atoms with E-state index in [1.165, 1.54) is 44.1 Å². The summed E-state index contributed by atoms with van der Waals surface area (Å²) >= 11 is 0. The monoisotopic (exact) mass is 283 g/mol. The maximum absolute atomic E-state index is 9.54. The molecule has 2 atom stereocenters. The molecule has 3 rings (SSSR count). The average Bonchev–Trinajstić information content (AvgIpc) is 2.54. The summed E-state index contributed by atoms with van der Waals surface area (Å²) in [5.74, 6) is 0.844. The topological polar surface area (TPSA) is 39.1 Å². The van der Waals surface area contributed by atoms with E-state index in [0.717, 1.165) is 30.3 Å². The molecule has 0 bridgehead atoms. The predicted molar refractivity (Wildman–Crippen MR) is 86.2 cm³/mol. The van der Waals surface area contributed by atoms with Gasteiger partial charge in [-0.1, -0.05) is 18.9 Å². The van der Waals surface area contributed by atoms with Crippen LogP contribution in [0.4, 0.5) is 5.69 Å². The molecule has 0 amide bonds. The molecule has 112 valence electrons. The summed E-state index contributed by atoms with van der Waals surface area (Å²) in [6, 6.07) is 9.47. The van der Waals surface area contributed by atoms with E-state index in [1.807, 2.05) is 7.05 Å². The van der Waals surface area contributed by atoms with Crippen molar-refractivity contribution >= 4 is 5.69 Å². The number of benzene rings is 1. The summed E-state index contributed by atoms with van der Waals surface area (Å²) < 4.78 is 0. The van der Waals surface area contributed by atoms with E-state index < -0.39 is 0 Å². The summed E-state index contributed by atoms with van der Waals surface area (Å²) in [6.07, 6.45) is 8.05. The van der Waals surface area contributed by atoms with E-state index >= 15 is 0 Å². The maximum atomic E-state index is 9.54. The Balaban J connectivity index is 1.89. The normalized spacial score (nSPS) is 25.2. The molecular formula is C18H25N3. The molecule has 3 nitrogen and oxygen atoms in total. The van der Waals surface area contributed by atoms with Crippen molar-refractivity contribution in [2.75, 3.05) is 18.5 Å². The van der Waals surface area contributed by atoms with Crippen LogP contribution in [0, 0.1) is 17.2 Å². The molecule has 1 aliphatic heterocycles. The van der Waals surface area contributed by atoms with E-state index in [2.05, 4.69) is 34.5 Å². The molecule has 1 N–H and O–H groups in total. The standard InChI is InChI=1S/C18H25N3/c1-20-13-14-8-9-18(16(11-14)12-19)21-10-4-6-15-5-2-3-7-17(15)21/h8-9,11,15,17,20H,2-7,10,13H2,1H3. The summed E-state index contributed by atoms with van der Waals surface area (Å²) in [4.78, 5) is 2.54. The lowest BCUT2D eigenvalue weighted by atomic mass is 9.78. The smallest absolute Gasteiger partial charge is 0.101 e. The Kier molecular flexibility index (Phi) is 4.45. The van der Waals surface area contributed by atoms with Gasteiger partial charge >= 0.3 is 0 Å². The van der Waals surface area contributed by atoms with Gasteiger partial charge in [0.25, 0.3) is 0 Å². The number of hydrogen-bond donors (Lipinski definition) is 1. The fraction of sp³-hybridized carbons (Fsp3) is 0.611. The number of nitriles is 1. The van der Waals surface area contributed by atoms with Crippen LogP contribution in [0.15, 0.2) is 18.2 Å². The highest BCUT2D eigenvalue weighted by atomic mass is 15.2. The van der Waals surface area contributed by atoms with Gasteiger partial charge in [-0.3, -0.25) is 0 Å². The zero-order chi connectivity index (χ0) is 14.7. The second-order valence-corrected chi connectivity index (χ2v) is 6.44. The highest BCUT2D eigenvalue weighted by Gasteiger charge is 2.34. The molecule has 3 heteroatoms. The van der Waals surface area contributed by atoms with Crippen LogP contribution in [-0.2, 0) is 6.54 Å². The lowest BCUT2D eigenvalue weighted by molar-refractivity contribution is 0.244. The first kappa shape index (κ1) is 14.4. The molecule has 1 aromatic carbocycles. The molecule has 21 heavy (non-hydrogen) atoms. The summed E-state index contributed by atoms with van der Waals surface area (Å²) in [5, 5.41) is 12.7. The molecule has 1 saturated heterocycles. The first-order valence-electron chi connectivity index (χ1n) is 8.27. The number of anilines is 1. The molecule has 2 unspecified atom stereocenters.